The molecule has 2 aliphatic rings. The Labute approximate surface area is 313 Å². The minimum Gasteiger partial charge on any atom is -0.487 e. The number of hydrogen-bond acceptors (Lipinski definition) is 8. The van der Waals surface area contributed by atoms with E-state index < -0.39 is 44.4 Å². The first kappa shape index (κ1) is 39.8. The Balaban J connectivity index is 1.29. The number of ether oxygens (including phenoxy) is 2. The largest absolute Gasteiger partial charge is 0.487 e. The number of alkyl carbamates (subject to hydrolysis) is 1. The zero-order valence-electron chi connectivity index (χ0n) is 32.3. The Hall–Kier alpha value is -4.42. The third kappa shape index (κ3) is 8.54. The maximum atomic E-state index is 14.6. The van der Waals surface area contributed by atoms with E-state index in [-0.39, 0.29) is 49.1 Å². The average molecular weight is 748 g/mol. The molecule has 1 amide bonds. The molecule has 0 spiro atoms. The second-order valence-corrected chi connectivity index (χ2v) is 17.6. The van der Waals surface area contributed by atoms with Crippen molar-refractivity contribution in [1.82, 2.24) is 10.8 Å². The summed E-state index contributed by atoms with van der Waals surface area (Å²) >= 11 is 0. The fourth-order valence-corrected chi connectivity index (χ4v) is 9.58. The van der Waals surface area contributed by atoms with Gasteiger partial charge in [0.1, 0.15) is 35.1 Å². The molecule has 0 radical (unpaired) electrons. The molecule has 0 aromatic heterocycles. The Morgan fingerprint density at radius 1 is 1.00 bits per heavy atom. The molecule has 0 fully saturated rings. The first-order valence-electron chi connectivity index (χ1n) is 18.2. The van der Waals surface area contributed by atoms with E-state index in [1.807, 2.05) is 104 Å². The fourth-order valence-electron chi connectivity index (χ4n) is 7.31. The summed E-state index contributed by atoms with van der Waals surface area (Å²) in [4.78, 5) is 35.8. The number of carboxylic acids is 1. The van der Waals surface area contributed by atoms with Crippen LogP contribution in [0.25, 0.3) is 11.1 Å². The number of carbonyl (C=O) groups excluding carboxylic acids is 1. The molecule has 12 heteroatoms. The number of aliphatic carboxylic acids is 1. The highest BCUT2D eigenvalue weighted by Crippen LogP contribution is 2.46. The van der Waals surface area contributed by atoms with Crippen molar-refractivity contribution < 1.29 is 37.4 Å². The van der Waals surface area contributed by atoms with Gasteiger partial charge in [0.2, 0.25) is 0 Å². The topological polar surface area (TPSA) is 153 Å². The van der Waals surface area contributed by atoms with Crippen molar-refractivity contribution in [3.8, 4) is 16.9 Å². The number of nitrogens with one attached hydrogen (secondary N) is 2. The molecular weight excluding hydrogens is 695 g/mol. The van der Waals surface area contributed by atoms with Crippen LogP contribution >= 0.6 is 0 Å². The molecule has 1 aliphatic heterocycles. The summed E-state index contributed by atoms with van der Waals surface area (Å²) in [5, 5.41) is 11.4. The third-order valence-electron chi connectivity index (χ3n) is 9.96. The molecule has 11 nitrogen and oxygen atoms in total. The molecule has 0 bridgehead atoms. The predicted octanol–water partition coefficient (Wildman–Crippen LogP) is 7.37. The van der Waals surface area contributed by atoms with E-state index in [4.69, 9.17) is 14.3 Å². The average Bonchev–Trinajstić information content (AvgIpc) is 3.59. The molecule has 0 saturated carbocycles. The zero-order chi connectivity index (χ0) is 38.9. The quantitative estimate of drug-likeness (QED) is 0.0705. The van der Waals surface area contributed by atoms with Gasteiger partial charge in [-0.2, -0.15) is 0 Å². The Morgan fingerprint density at radius 2 is 1.60 bits per heavy atom. The van der Waals surface area contributed by atoms with Crippen LogP contribution in [0.5, 0.6) is 5.75 Å². The van der Waals surface area contributed by atoms with E-state index >= 15 is 0 Å². The third-order valence-corrected chi connectivity index (χ3v) is 12.4. The van der Waals surface area contributed by atoms with E-state index in [1.165, 1.54) is 0 Å². The van der Waals surface area contributed by atoms with Crippen molar-refractivity contribution in [3.05, 3.63) is 81.9 Å². The van der Waals surface area contributed by atoms with Crippen LogP contribution in [0.15, 0.2) is 58.4 Å². The molecule has 2 atom stereocenters. The maximum absolute atomic E-state index is 14.6. The number of hydrogen-bond donors (Lipinski definition) is 3. The van der Waals surface area contributed by atoms with Gasteiger partial charge >= 0.3 is 12.1 Å². The van der Waals surface area contributed by atoms with E-state index in [9.17, 15) is 23.1 Å². The lowest BCUT2D eigenvalue weighted by Gasteiger charge is -2.26. The van der Waals surface area contributed by atoms with E-state index in [0.29, 0.717) is 17.5 Å². The molecule has 3 aromatic carbocycles. The first-order valence-corrected chi connectivity index (χ1v) is 19.8. The second kappa shape index (κ2) is 15.5. The second-order valence-electron chi connectivity index (χ2n) is 15.6. The van der Waals surface area contributed by atoms with Gasteiger partial charge in [-0.15, -0.1) is 0 Å². The number of benzene rings is 3. The molecular formula is C41H53N3O8S. The molecule has 0 saturated heterocycles. The number of rotatable bonds is 13. The minimum atomic E-state index is -3.99. The number of carboxylic acid groups (broad SMARTS) is 1. The van der Waals surface area contributed by atoms with Crippen LogP contribution in [0.1, 0.15) is 100 Å². The molecule has 286 valence electrons. The van der Waals surface area contributed by atoms with Gasteiger partial charge in [-0.1, -0.05) is 55.5 Å². The number of sulfone groups is 1. The highest BCUT2D eigenvalue weighted by molar-refractivity contribution is 7.93. The normalized spacial score (nSPS) is 16.2. The summed E-state index contributed by atoms with van der Waals surface area (Å²) in [6, 6.07) is 14.7. The van der Waals surface area contributed by atoms with Gasteiger partial charge in [-0.3, -0.25) is 15.3 Å². The molecule has 2 unspecified atom stereocenters. The highest BCUT2D eigenvalue weighted by Gasteiger charge is 2.40. The van der Waals surface area contributed by atoms with Crippen molar-refractivity contribution in [2.75, 3.05) is 13.2 Å². The van der Waals surface area contributed by atoms with Crippen LogP contribution in [0.4, 0.5) is 4.79 Å². The van der Waals surface area contributed by atoms with Gasteiger partial charge in [0, 0.05) is 24.4 Å². The lowest BCUT2D eigenvalue weighted by Crippen LogP contribution is -2.44. The Bertz CT molecular complexity index is 1970. The summed E-state index contributed by atoms with van der Waals surface area (Å²) in [5.74, 6) is -0.494. The fraction of sp³-hybridized carbons (Fsp3) is 0.488. The number of amidine groups is 1. The Kier molecular flexibility index (Phi) is 11.6. The van der Waals surface area contributed by atoms with Crippen molar-refractivity contribution in [2.24, 2.45) is 4.99 Å². The minimum absolute atomic E-state index is 0.0397. The monoisotopic (exact) mass is 747 g/mol. The van der Waals surface area contributed by atoms with Crippen molar-refractivity contribution in [2.45, 2.75) is 121 Å². The van der Waals surface area contributed by atoms with Gasteiger partial charge in [0.15, 0.2) is 9.84 Å². The number of fused-ring (bicyclic) bond motifs is 4. The number of aliphatic imine (C=N–C) groups is 1. The van der Waals surface area contributed by atoms with Crippen LogP contribution in [0.2, 0.25) is 0 Å². The van der Waals surface area contributed by atoms with E-state index in [2.05, 4.69) is 15.8 Å². The van der Waals surface area contributed by atoms with Gasteiger partial charge in [0.25, 0.3) is 0 Å². The van der Waals surface area contributed by atoms with Crippen LogP contribution in [0, 0.1) is 20.8 Å². The summed E-state index contributed by atoms with van der Waals surface area (Å²) in [6.07, 6.45) is 0.248. The number of amides is 1. The number of hydroxylamine groups is 1. The molecule has 3 N–H and O–H groups in total. The molecule has 53 heavy (non-hydrogen) atoms. The van der Waals surface area contributed by atoms with Gasteiger partial charge in [-0.25, -0.2) is 18.0 Å². The summed E-state index contributed by atoms with van der Waals surface area (Å²) in [5.41, 5.74) is 9.02. The van der Waals surface area contributed by atoms with Crippen LogP contribution in [0.3, 0.4) is 0 Å². The molecule has 1 aliphatic carbocycles. The lowest BCUT2D eigenvalue weighted by atomic mass is 9.94. The van der Waals surface area contributed by atoms with Gasteiger partial charge in [-0.05, 0) is 114 Å². The zero-order valence-corrected chi connectivity index (χ0v) is 33.1. The van der Waals surface area contributed by atoms with Crippen molar-refractivity contribution in [3.63, 3.8) is 0 Å². The number of nitrogens with zero attached hydrogens (tertiary/aromatic N) is 1. The highest BCUT2D eigenvalue weighted by atomic mass is 32.2. The van der Waals surface area contributed by atoms with Crippen molar-refractivity contribution in [1.29, 1.82) is 0 Å². The first-order chi connectivity index (χ1) is 24.9. The number of carbonyl (C=O) groups is 2. The van der Waals surface area contributed by atoms with E-state index in [1.54, 1.807) is 6.92 Å². The maximum Gasteiger partial charge on any atom is 0.407 e. The van der Waals surface area contributed by atoms with Crippen LogP contribution < -0.4 is 15.5 Å². The predicted molar refractivity (Wildman–Crippen MR) is 205 cm³/mol. The SMILES string of the molecule is CCC(C(=NCCCC(NC(=O)OCC1c2ccccc2-c2ccccc21)C(=O)O)NOC(C)(C)C)S(=O)(=O)c1c(C)c(C)c2c(c1C)CC(C)(C)O2. The van der Waals surface area contributed by atoms with Gasteiger partial charge in [0.05, 0.1) is 10.5 Å². The molecule has 1 heterocycles. The van der Waals surface area contributed by atoms with Crippen molar-refractivity contribution >= 4 is 27.7 Å². The van der Waals surface area contributed by atoms with Crippen LogP contribution in [-0.4, -0.2) is 67.1 Å². The summed E-state index contributed by atoms with van der Waals surface area (Å²) < 4.78 is 41.0. The standard InChI is InChI=1S/C41H53N3O8S/c1-10-34(53(48,49)36-25(3)24(2)35-31(26(36)4)22-41(8,9)51-35)37(44-52-40(5,6)7)42-21-15-20-33(38(45)46)43-39(47)50-23-32-29-18-13-11-16-27(29)28-17-12-14-19-30(28)32/h11-14,16-19,32-34H,10,15,20-23H2,1-9H3,(H,42,44)(H,43,47)(H,45,46). The molecule has 3 aromatic rings. The van der Waals surface area contributed by atoms with Crippen LogP contribution in [-0.2, 0) is 30.6 Å². The van der Waals surface area contributed by atoms with E-state index in [0.717, 1.165) is 39.1 Å². The lowest BCUT2D eigenvalue weighted by molar-refractivity contribution is -0.139. The molecule has 5 rings (SSSR count). The smallest absolute Gasteiger partial charge is 0.407 e. The summed E-state index contributed by atoms with van der Waals surface area (Å²) in [7, 11) is -3.99. The summed E-state index contributed by atoms with van der Waals surface area (Å²) in [6.45, 7) is 16.9. The Morgan fingerprint density at radius 3 is 2.17 bits per heavy atom. The van der Waals surface area contributed by atoms with Gasteiger partial charge < -0.3 is 19.9 Å².